The summed E-state index contributed by atoms with van der Waals surface area (Å²) in [6.07, 6.45) is 0. The number of imidazole rings is 1. The van der Waals surface area contributed by atoms with Crippen molar-refractivity contribution in [3.63, 3.8) is 0 Å². The number of nitrogens with zero attached hydrogens (tertiary/aromatic N) is 2. The zero-order valence-electron chi connectivity index (χ0n) is 10.7. The molecule has 0 spiro atoms. The van der Waals surface area contributed by atoms with Gasteiger partial charge in [-0.05, 0) is 30.7 Å². The Balaban J connectivity index is 2.52. The Bertz CT molecular complexity index is 578. The van der Waals surface area contributed by atoms with E-state index >= 15 is 0 Å². The van der Waals surface area contributed by atoms with Gasteiger partial charge in [-0.2, -0.15) is 0 Å². The maximum Gasteiger partial charge on any atom is 0.141 e. The number of nitrogens with two attached hydrogens (primary N) is 1. The Labute approximate surface area is 111 Å². The quantitative estimate of drug-likeness (QED) is 0.928. The molecule has 2 N–H and O–H groups in total. The van der Waals surface area contributed by atoms with E-state index in [0.717, 1.165) is 22.7 Å². The third-order valence-electron chi connectivity index (χ3n) is 2.94. The van der Waals surface area contributed by atoms with Gasteiger partial charge in [-0.1, -0.05) is 11.6 Å². The van der Waals surface area contributed by atoms with E-state index in [9.17, 15) is 0 Å². The summed E-state index contributed by atoms with van der Waals surface area (Å²) in [5.41, 5.74) is 8.37. The van der Waals surface area contributed by atoms with Crippen molar-refractivity contribution in [2.24, 2.45) is 12.8 Å². The van der Waals surface area contributed by atoms with E-state index in [1.54, 1.807) is 7.11 Å². The Morgan fingerprint density at radius 1 is 1.44 bits per heavy atom. The van der Waals surface area contributed by atoms with Gasteiger partial charge in [0.15, 0.2) is 0 Å². The fourth-order valence-electron chi connectivity index (χ4n) is 1.94. The lowest BCUT2D eigenvalue weighted by molar-refractivity contribution is 0.412. The number of methoxy groups -OCH3 is 1. The first-order chi connectivity index (χ1) is 8.58. The Morgan fingerprint density at radius 3 is 2.67 bits per heavy atom. The first-order valence-electron chi connectivity index (χ1n) is 5.64. The molecule has 96 valence electrons. The zero-order valence-corrected chi connectivity index (χ0v) is 11.5. The van der Waals surface area contributed by atoms with Gasteiger partial charge in [0.05, 0.1) is 12.8 Å². The van der Waals surface area contributed by atoms with E-state index in [1.165, 1.54) is 0 Å². The Kier molecular flexibility index (Phi) is 3.59. The van der Waals surface area contributed by atoms with Crippen LogP contribution in [0.5, 0.6) is 5.75 Å². The molecule has 0 bridgehead atoms. The average molecular weight is 266 g/mol. The summed E-state index contributed by atoms with van der Waals surface area (Å²) in [4.78, 5) is 4.46. The zero-order chi connectivity index (χ0) is 13.3. The number of aromatic nitrogens is 2. The van der Waals surface area contributed by atoms with E-state index < -0.39 is 0 Å². The van der Waals surface area contributed by atoms with Crippen LogP contribution in [-0.2, 0) is 13.6 Å². The lowest BCUT2D eigenvalue weighted by Crippen LogP contribution is -1.97. The molecule has 18 heavy (non-hydrogen) atoms. The van der Waals surface area contributed by atoms with Crippen LogP contribution in [0.15, 0.2) is 18.2 Å². The molecule has 0 amide bonds. The van der Waals surface area contributed by atoms with Gasteiger partial charge < -0.3 is 15.0 Å². The highest BCUT2D eigenvalue weighted by molar-refractivity contribution is 6.30. The van der Waals surface area contributed by atoms with Gasteiger partial charge in [-0.25, -0.2) is 4.98 Å². The minimum atomic E-state index is 0.335. The summed E-state index contributed by atoms with van der Waals surface area (Å²) in [7, 11) is 3.54. The molecule has 0 saturated carbocycles. The molecule has 0 radical (unpaired) electrons. The second-order valence-electron chi connectivity index (χ2n) is 4.12. The molecule has 1 aromatic carbocycles. The van der Waals surface area contributed by atoms with E-state index in [-0.39, 0.29) is 0 Å². The van der Waals surface area contributed by atoms with Gasteiger partial charge in [-0.15, -0.1) is 0 Å². The number of ether oxygens (including phenoxy) is 1. The molecule has 0 atom stereocenters. The molecule has 0 aliphatic carbocycles. The molecule has 2 rings (SSSR count). The summed E-state index contributed by atoms with van der Waals surface area (Å²) in [6.45, 7) is 2.33. The van der Waals surface area contributed by atoms with Gasteiger partial charge >= 0.3 is 0 Å². The van der Waals surface area contributed by atoms with Crippen molar-refractivity contribution < 1.29 is 4.74 Å². The molecular formula is C13H16ClN3O. The van der Waals surface area contributed by atoms with Gasteiger partial charge in [0.1, 0.15) is 16.7 Å². The maximum absolute atomic E-state index is 6.16. The summed E-state index contributed by atoms with van der Waals surface area (Å²) in [5.74, 6) is 1.67. The number of halogens is 1. The Hall–Kier alpha value is -1.52. The third kappa shape index (κ3) is 2.09. The fourth-order valence-corrected chi connectivity index (χ4v) is 2.14. The fraction of sp³-hybridized carbons (Fsp3) is 0.308. The van der Waals surface area contributed by atoms with E-state index in [0.29, 0.717) is 17.4 Å². The molecule has 5 heteroatoms. The topological polar surface area (TPSA) is 53.1 Å². The van der Waals surface area contributed by atoms with Gasteiger partial charge in [0.2, 0.25) is 0 Å². The minimum absolute atomic E-state index is 0.335. The number of aryl methyl sites for hydroxylation is 1. The van der Waals surface area contributed by atoms with Crippen LogP contribution in [0.4, 0.5) is 0 Å². The van der Waals surface area contributed by atoms with Gasteiger partial charge in [-0.3, -0.25) is 0 Å². The van der Waals surface area contributed by atoms with Gasteiger partial charge in [0, 0.05) is 19.2 Å². The van der Waals surface area contributed by atoms with Crippen LogP contribution >= 0.6 is 11.6 Å². The lowest BCUT2D eigenvalue weighted by atomic mass is 10.1. The van der Waals surface area contributed by atoms with Crippen LogP contribution in [-0.4, -0.2) is 16.7 Å². The van der Waals surface area contributed by atoms with Crippen LogP contribution < -0.4 is 10.5 Å². The number of hydrogen-bond acceptors (Lipinski definition) is 3. The molecule has 0 saturated heterocycles. The third-order valence-corrected chi connectivity index (χ3v) is 3.41. The van der Waals surface area contributed by atoms with Crippen LogP contribution in [0.2, 0.25) is 5.15 Å². The Morgan fingerprint density at radius 2 is 2.17 bits per heavy atom. The van der Waals surface area contributed by atoms with Crippen molar-refractivity contribution >= 4 is 11.6 Å². The number of rotatable bonds is 3. The SMILES string of the molecule is COc1ccc(-c2nc(CN)c(Cl)n2C)cc1C. The molecule has 0 aliphatic rings. The molecule has 0 unspecified atom stereocenters. The second-order valence-corrected chi connectivity index (χ2v) is 4.48. The summed E-state index contributed by atoms with van der Waals surface area (Å²) in [5, 5.41) is 0.584. The van der Waals surface area contributed by atoms with Crippen molar-refractivity contribution in [2.45, 2.75) is 13.5 Å². The van der Waals surface area contributed by atoms with E-state index in [1.807, 2.05) is 36.7 Å². The summed E-state index contributed by atoms with van der Waals surface area (Å²) < 4.78 is 7.08. The summed E-state index contributed by atoms with van der Waals surface area (Å²) in [6, 6.07) is 5.91. The van der Waals surface area contributed by atoms with Gasteiger partial charge in [0.25, 0.3) is 0 Å². The van der Waals surface area contributed by atoms with Crippen LogP contribution in [0.1, 0.15) is 11.3 Å². The van der Waals surface area contributed by atoms with Crippen molar-refractivity contribution in [1.82, 2.24) is 9.55 Å². The van der Waals surface area contributed by atoms with Crippen LogP contribution in [0.25, 0.3) is 11.4 Å². The normalized spacial score (nSPS) is 10.7. The van der Waals surface area contributed by atoms with Crippen molar-refractivity contribution in [3.8, 4) is 17.1 Å². The molecule has 0 aliphatic heterocycles. The van der Waals surface area contributed by atoms with Crippen molar-refractivity contribution in [3.05, 3.63) is 34.6 Å². The first-order valence-corrected chi connectivity index (χ1v) is 6.02. The molecular weight excluding hydrogens is 250 g/mol. The highest BCUT2D eigenvalue weighted by atomic mass is 35.5. The van der Waals surface area contributed by atoms with Crippen molar-refractivity contribution in [2.75, 3.05) is 7.11 Å². The summed E-state index contributed by atoms with van der Waals surface area (Å²) >= 11 is 6.16. The maximum atomic E-state index is 6.16. The monoisotopic (exact) mass is 265 g/mol. The highest BCUT2D eigenvalue weighted by Crippen LogP contribution is 2.28. The second kappa shape index (κ2) is 5.00. The van der Waals surface area contributed by atoms with E-state index in [4.69, 9.17) is 22.1 Å². The predicted molar refractivity (Wildman–Crippen MR) is 72.8 cm³/mol. The minimum Gasteiger partial charge on any atom is -0.496 e. The van der Waals surface area contributed by atoms with Crippen LogP contribution in [0.3, 0.4) is 0 Å². The highest BCUT2D eigenvalue weighted by Gasteiger charge is 2.13. The molecule has 0 fully saturated rings. The molecule has 1 aromatic heterocycles. The first kappa shape index (κ1) is 12.9. The average Bonchev–Trinajstić information content (AvgIpc) is 2.66. The standard InChI is InChI=1S/C13H16ClN3O/c1-8-6-9(4-5-11(8)18-3)13-16-10(7-15)12(14)17(13)2/h4-6H,7,15H2,1-3H3. The van der Waals surface area contributed by atoms with E-state index in [2.05, 4.69) is 4.98 Å². The molecule has 1 heterocycles. The number of benzene rings is 1. The molecule has 4 nitrogen and oxygen atoms in total. The smallest absolute Gasteiger partial charge is 0.141 e. The largest absolute Gasteiger partial charge is 0.496 e. The number of hydrogen-bond donors (Lipinski definition) is 1. The predicted octanol–water partition coefficient (Wildman–Crippen LogP) is 2.52. The molecule has 2 aromatic rings. The lowest BCUT2D eigenvalue weighted by Gasteiger charge is -2.07. The van der Waals surface area contributed by atoms with Crippen molar-refractivity contribution in [1.29, 1.82) is 0 Å². The van der Waals surface area contributed by atoms with Crippen LogP contribution in [0, 0.1) is 6.92 Å².